The Kier molecular flexibility index (Phi) is 6.90. The van der Waals surface area contributed by atoms with Crippen LogP contribution in [0.2, 0.25) is 0 Å². The summed E-state index contributed by atoms with van der Waals surface area (Å²) in [6.45, 7) is 0. The van der Waals surface area contributed by atoms with E-state index in [9.17, 15) is 0 Å². The quantitative estimate of drug-likeness (QED) is 0.179. The third-order valence-corrected chi connectivity index (χ3v) is 8.65. The standard InChI is InChI=1S/C44H31N/c1-4-14-32(15-5-1)33-24-26-37(27-25-33)45(44-30-36-20-10-11-21-39(36)41-22-12-13-23-42(41)44)38-28-29-40(34-16-6-2-7-17-34)43(31-38)35-18-8-3-9-19-35/h1-31H. The molecule has 0 unspecified atom stereocenters. The van der Waals surface area contributed by atoms with Crippen molar-refractivity contribution in [2.75, 3.05) is 4.90 Å². The first-order chi connectivity index (χ1) is 22.3. The third-order valence-electron chi connectivity index (χ3n) is 8.65. The Hall–Kier alpha value is -5.92. The van der Waals surface area contributed by atoms with E-state index in [2.05, 4.69) is 193 Å². The number of hydrogen-bond acceptors (Lipinski definition) is 1. The van der Waals surface area contributed by atoms with Gasteiger partial charge in [-0.05, 0) is 79.9 Å². The molecular formula is C44H31N. The molecule has 8 aromatic rings. The Morgan fingerprint density at radius 2 is 0.778 bits per heavy atom. The van der Waals surface area contributed by atoms with Gasteiger partial charge < -0.3 is 4.90 Å². The molecule has 8 rings (SSSR count). The number of benzene rings is 8. The van der Waals surface area contributed by atoms with Crippen molar-refractivity contribution in [2.24, 2.45) is 0 Å². The Labute approximate surface area is 264 Å². The molecule has 0 spiro atoms. The van der Waals surface area contributed by atoms with Gasteiger partial charge in [-0.25, -0.2) is 0 Å². The van der Waals surface area contributed by atoms with Gasteiger partial charge in [0.2, 0.25) is 0 Å². The van der Waals surface area contributed by atoms with E-state index < -0.39 is 0 Å². The van der Waals surface area contributed by atoms with Gasteiger partial charge in [0.05, 0.1) is 5.69 Å². The largest absolute Gasteiger partial charge is 0.310 e. The van der Waals surface area contributed by atoms with Crippen LogP contribution in [0.25, 0.3) is 54.9 Å². The first kappa shape index (κ1) is 26.7. The molecule has 1 nitrogen and oxygen atoms in total. The van der Waals surface area contributed by atoms with Crippen molar-refractivity contribution in [3.8, 4) is 33.4 Å². The van der Waals surface area contributed by atoms with Crippen LogP contribution in [0, 0.1) is 0 Å². The summed E-state index contributed by atoms with van der Waals surface area (Å²) in [5, 5.41) is 4.96. The van der Waals surface area contributed by atoms with Gasteiger partial charge in [0.15, 0.2) is 0 Å². The lowest BCUT2D eigenvalue weighted by Crippen LogP contribution is -2.11. The molecule has 0 aliphatic carbocycles. The van der Waals surface area contributed by atoms with Crippen molar-refractivity contribution in [1.29, 1.82) is 0 Å². The number of anilines is 3. The molecule has 0 aromatic heterocycles. The minimum absolute atomic E-state index is 1.11. The van der Waals surface area contributed by atoms with Crippen LogP contribution in [0.1, 0.15) is 0 Å². The molecule has 0 N–H and O–H groups in total. The summed E-state index contributed by atoms with van der Waals surface area (Å²) in [6, 6.07) is 67.7. The Balaban J connectivity index is 1.38. The van der Waals surface area contributed by atoms with Gasteiger partial charge >= 0.3 is 0 Å². The highest BCUT2D eigenvalue weighted by Gasteiger charge is 2.19. The Morgan fingerprint density at radius 3 is 1.44 bits per heavy atom. The number of rotatable bonds is 6. The second-order valence-corrected chi connectivity index (χ2v) is 11.4. The van der Waals surface area contributed by atoms with Gasteiger partial charge in [0, 0.05) is 16.8 Å². The van der Waals surface area contributed by atoms with E-state index >= 15 is 0 Å². The van der Waals surface area contributed by atoms with Gasteiger partial charge in [0.1, 0.15) is 0 Å². The highest BCUT2D eigenvalue weighted by molar-refractivity contribution is 6.14. The maximum Gasteiger partial charge on any atom is 0.0546 e. The third kappa shape index (κ3) is 5.05. The molecule has 0 aliphatic heterocycles. The molecule has 1 heteroatoms. The van der Waals surface area contributed by atoms with Crippen LogP contribution in [0.5, 0.6) is 0 Å². The zero-order chi connectivity index (χ0) is 30.0. The van der Waals surface area contributed by atoms with Gasteiger partial charge in [-0.15, -0.1) is 0 Å². The second kappa shape index (κ2) is 11.6. The normalized spacial score (nSPS) is 11.1. The number of fused-ring (bicyclic) bond motifs is 3. The Bertz CT molecular complexity index is 2240. The molecule has 45 heavy (non-hydrogen) atoms. The van der Waals surface area contributed by atoms with Gasteiger partial charge in [-0.1, -0.05) is 158 Å². The maximum atomic E-state index is 2.42. The van der Waals surface area contributed by atoms with Crippen LogP contribution in [-0.2, 0) is 0 Å². The summed E-state index contributed by atoms with van der Waals surface area (Å²) < 4.78 is 0. The topological polar surface area (TPSA) is 3.24 Å². The van der Waals surface area contributed by atoms with Crippen molar-refractivity contribution in [3.63, 3.8) is 0 Å². The average molecular weight is 574 g/mol. The van der Waals surface area contributed by atoms with Crippen molar-refractivity contribution in [1.82, 2.24) is 0 Å². The summed E-state index contributed by atoms with van der Waals surface area (Å²) >= 11 is 0. The van der Waals surface area contributed by atoms with E-state index in [1.165, 1.54) is 54.9 Å². The van der Waals surface area contributed by atoms with E-state index in [-0.39, 0.29) is 0 Å². The molecule has 0 saturated heterocycles. The fourth-order valence-electron chi connectivity index (χ4n) is 6.48. The molecule has 0 aliphatic rings. The predicted molar refractivity (Wildman–Crippen MR) is 192 cm³/mol. The minimum atomic E-state index is 1.11. The van der Waals surface area contributed by atoms with Crippen molar-refractivity contribution in [2.45, 2.75) is 0 Å². The second-order valence-electron chi connectivity index (χ2n) is 11.4. The van der Waals surface area contributed by atoms with Crippen molar-refractivity contribution < 1.29 is 0 Å². The van der Waals surface area contributed by atoms with E-state index in [4.69, 9.17) is 0 Å². The van der Waals surface area contributed by atoms with Crippen LogP contribution >= 0.6 is 0 Å². The lowest BCUT2D eigenvalue weighted by molar-refractivity contribution is 1.30. The average Bonchev–Trinajstić information content (AvgIpc) is 3.13. The van der Waals surface area contributed by atoms with E-state index in [1.807, 2.05) is 0 Å². The van der Waals surface area contributed by atoms with E-state index in [0.717, 1.165) is 17.1 Å². The van der Waals surface area contributed by atoms with Gasteiger partial charge in [0.25, 0.3) is 0 Å². The van der Waals surface area contributed by atoms with Crippen molar-refractivity contribution in [3.05, 3.63) is 188 Å². The predicted octanol–water partition coefficient (Wildman–Crippen LogP) is 12.5. The fraction of sp³-hybridized carbons (Fsp3) is 0. The highest BCUT2D eigenvalue weighted by atomic mass is 15.1. The monoisotopic (exact) mass is 573 g/mol. The fourth-order valence-corrected chi connectivity index (χ4v) is 6.48. The zero-order valence-corrected chi connectivity index (χ0v) is 24.8. The summed E-state index contributed by atoms with van der Waals surface area (Å²) in [6.07, 6.45) is 0. The maximum absolute atomic E-state index is 2.42. The lowest BCUT2D eigenvalue weighted by Gasteiger charge is -2.29. The summed E-state index contributed by atoms with van der Waals surface area (Å²) in [4.78, 5) is 2.42. The molecule has 0 bridgehead atoms. The van der Waals surface area contributed by atoms with E-state index in [1.54, 1.807) is 0 Å². The first-order valence-electron chi connectivity index (χ1n) is 15.4. The zero-order valence-electron chi connectivity index (χ0n) is 24.8. The minimum Gasteiger partial charge on any atom is -0.310 e. The van der Waals surface area contributed by atoms with Crippen LogP contribution < -0.4 is 4.90 Å². The van der Waals surface area contributed by atoms with Crippen LogP contribution in [0.3, 0.4) is 0 Å². The molecule has 0 radical (unpaired) electrons. The molecule has 212 valence electrons. The summed E-state index contributed by atoms with van der Waals surface area (Å²) in [5.41, 5.74) is 10.6. The summed E-state index contributed by atoms with van der Waals surface area (Å²) in [5.74, 6) is 0. The highest BCUT2D eigenvalue weighted by Crippen LogP contribution is 2.44. The molecule has 8 aromatic carbocycles. The van der Waals surface area contributed by atoms with Crippen LogP contribution in [0.4, 0.5) is 17.1 Å². The molecule has 0 saturated carbocycles. The Morgan fingerprint density at radius 1 is 0.289 bits per heavy atom. The number of nitrogens with zero attached hydrogens (tertiary/aromatic N) is 1. The number of hydrogen-bond donors (Lipinski definition) is 0. The van der Waals surface area contributed by atoms with Crippen LogP contribution in [0.15, 0.2) is 188 Å². The van der Waals surface area contributed by atoms with Crippen LogP contribution in [-0.4, -0.2) is 0 Å². The molecule has 0 heterocycles. The molecule has 0 amide bonds. The molecule has 0 atom stereocenters. The van der Waals surface area contributed by atoms with Crippen molar-refractivity contribution >= 4 is 38.6 Å². The van der Waals surface area contributed by atoms with E-state index in [0.29, 0.717) is 0 Å². The van der Waals surface area contributed by atoms with Gasteiger partial charge in [-0.3, -0.25) is 0 Å². The molecular weight excluding hydrogens is 542 g/mol. The lowest BCUT2D eigenvalue weighted by atomic mass is 9.93. The SMILES string of the molecule is c1ccc(-c2ccc(N(c3ccc(-c4ccccc4)c(-c4ccccc4)c3)c3cc4ccccc4c4ccccc34)cc2)cc1. The summed E-state index contributed by atoms with van der Waals surface area (Å²) in [7, 11) is 0. The van der Waals surface area contributed by atoms with Gasteiger partial charge in [-0.2, -0.15) is 0 Å². The first-order valence-corrected chi connectivity index (χ1v) is 15.4. The molecule has 0 fully saturated rings. The smallest absolute Gasteiger partial charge is 0.0546 e.